The van der Waals surface area contributed by atoms with E-state index in [-0.39, 0.29) is 16.7 Å². The minimum atomic E-state index is -3.67. The van der Waals surface area contributed by atoms with Crippen molar-refractivity contribution in [3.63, 3.8) is 0 Å². The summed E-state index contributed by atoms with van der Waals surface area (Å²) in [7, 11) is -3.67. The number of nitrogens with two attached hydrogens (primary N) is 1. The molecule has 5 nitrogen and oxygen atoms in total. The number of carbonyl (C=O) groups is 1. The standard InChI is InChI=1S/C7H12N2O3S2/c1-4-3-7(5(8)10,6(9)13-4)14(2,11)12/h4,9H,3H2,1-2H3,(H2,8,10). The smallest absolute Gasteiger partial charge is 0.245 e. The monoisotopic (exact) mass is 236 g/mol. The molecule has 0 saturated carbocycles. The van der Waals surface area contributed by atoms with E-state index in [1.807, 2.05) is 0 Å². The lowest BCUT2D eigenvalue weighted by Crippen LogP contribution is -2.52. The normalized spacial score (nSPS) is 33.3. The van der Waals surface area contributed by atoms with Crippen LogP contribution < -0.4 is 5.73 Å². The number of hydrogen-bond acceptors (Lipinski definition) is 5. The van der Waals surface area contributed by atoms with Crippen LogP contribution in [0.25, 0.3) is 0 Å². The second kappa shape index (κ2) is 3.23. The van der Waals surface area contributed by atoms with Crippen LogP contribution in [-0.2, 0) is 14.6 Å². The van der Waals surface area contributed by atoms with Gasteiger partial charge in [0, 0.05) is 11.5 Å². The Hall–Kier alpha value is -0.560. The Morgan fingerprint density at radius 1 is 1.71 bits per heavy atom. The van der Waals surface area contributed by atoms with Crippen molar-refractivity contribution >= 4 is 32.6 Å². The van der Waals surface area contributed by atoms with Crippen molar-refractivity contribution in [2.75, 3.05) is 6.26 Å². The molecule has 1 aliphatic rings. The van der Waals surface area contributed by atoms with Crippen molar-refractivity contribution in [1.82, 2.24) is 0 Å². The fourth-order valence-corrected chi connectivity index (χ4v) is 4.62. The molecule has 1 heterocycles. The van der Waals surface area contributed by atoms with Crippen molar-refractivity contribution in [1.29, 1.82) is 5.41 Å². The molecule has 1 fully saturated rings. The molecular weight excluding hydrogens is 224 g/mol. The zero-order valence-corrected chi connectivity index (χ0v) is 9.54. The molecule has 0 radical (unpaired) electrons. The lowest BCUT2D eigenvalue weighted by molar-refractivity contribution is -0.118. The van der Waals surface area contributed by atoms with E-state index >= 15 is 0 Å². The van der Waals surface area contributed by atoms with Crippen LogP contribution in [0.5, 0.6) is 0 Å². The summed E-state index contributed by atoms with van der Waals surface area (Å²) in [6.45, 7) is 1.77. The number of nitrogens with one attached hydrogen (secondary N) is 1. The summed E-state index contributed by atoms with van der Waals surface area (Å²) in [6, 6.07) is 0. The Labute approximate surface area is 86.9 Å². The van der Waals surface area contributed by atoms with Crippen molar-refractivity contribution in [3.8, 4) is 0 Å². The zero-order valence-electron chi connectivity index (χ0n) is 7.90. The number of amides is 1. The van der Waals surface area contributed by atoms with E-state index in [0.717, 1.165) is 18.0 Å². The number of sulfone groups is 1. The van der Waals surface area contributed by atoms with Gasteiger partial charge in [-0.15, -0.1) is 11.8 Å². The molecule has 1 aliphatic heterocycles. The third-order valence-corrected chi connectivity index (χ3v) is 5.41. The molecule has 0 aliphatic carbocycles. The molecule has 0 spiro atoms. The van der Waals surface area contributed by atoms with E-state index in [9.17, 15) is 13.2 Å². The highest BCUT2D eigenvalue weighted by Crippen LogP contribution is 2.41. The molecule has 1 rings (SSSR count). The topological polar surface area (TPSA) is 101 Å². The van der Waals surface area contributed by atoms with Crippen molar-refractivity contribution in [2.24, 2.45) is 5.73 Å². The first-order chi connectivity index (χ1) is 6.22. The van der Waals surface area contributed by atoms with Crippen LogP contribution in [0.15, 0.2) is 0 Å². The second-order valence-corrected chi connectivity index (χ2v) is 7.12. The van der Waals surface area contributed by atoms with Gasteiger partial charge < -0.3 is 5.73 Å². The molecule has 0 aromatic heterocycles. The van der Waals surface area contributed by atoms with E-state index < -0.39 is 20.5 Å². The summed E-state index contributed by atoms with van der Waals surface area (Å²) >= 11 is 1.09. The first-order valence-electron chi connectivity index (χ1n) is 3.97. The van der Waals surface area contributed by atoms with Crippen LogP contribution in [0.1, 0.15) is 13.3 Å². The molecule has 7 heteroatoms. The van der Waals surface area contributed by atoms with Gasteiger partial charge in [0.1, 0.15) is 0 Å². The number of rotatable bonds is 2. The summed E-state index contributed by atoms with van der Waals surface area (Å²) in [5, 5.41) is 7.34. The summed E-state index contributed by atoms with van der Waals surface area (Å²) in [5.74, 6) is -0.943. The Bertz CT molecular complexity index is 390. The van der Waals surface area contributed by atoms with E-state index in [1.54, 1.807) is 6.92 Å². The molecule has 0 bridgehead atoms. The summed E-state index contributed by atoms with van der Waals surface area (Å²) in [5.41, 5.74) is 5.10. The molecule has 80 valence electrons. The third-order valence-electron chi connectivity index (χ3n) is 2.29. The maximum Gasteiger partial charge on any atom is 0.245 e. The van der Waals surface area contributed by atoms with Crippen LogP contribution in [-0.4, -0.2) is 35.6 Å². The van der Waals surface area contributed by atoms with E-state index in [2.05, 4.69) is 0 Å². The third kappa shape index (κ3) is 1.44. The molecule has 2 atom stereocenters. The van der Waals surface area contributed by atoms with Crippen molar-refractivity contribution in [3.05, 3.63) is 0 Å². The first kappa shape index (κ1) is 11.5. The molecule has 1 amide bonds. The fraction of sp³-hybridized carbons (Fsp3) is 0.714. The van der Waals surface area contributed by atoms with Gasteiger partial charge in [0.25, 0.3) is 0 Å². The van der Waals surface area contributed by atoms with Gasteiger partial charge in [-0.1, -0.05) is 6.92 Å². The number of thioether (sulfide) groups is 1. The van der Waals surface area contributed by atoms with Gasteiger partial charge in [0.2, 0.25) is 5.91 Å². The van der Waals surface area contributed by atoms with E-state index in [1.165, 1.54) is 0 Å². The summed E-state index contributed by atoms with van der Waals surface area (Å²) in [4.78, 5) is 11.2. The fourth-order valence-electron chi connectivity index (χ4n) is 1.55. The largest absolute Gasteiger partial charge is 0.368 e. The van der Waals surface area contributed by atoms with Crippen molar-refractivity contribution < 1.29 is 13.2 Å². The first-order valence-corrected chi connectivity index (χ1v) is 6.74. The number of hydrogen-bond donors (Lipinski definition) is 2. The van der Waals surface area contributed by atoms with Gasteiger partial charge in [-0.25, -0.2) is 8.42 Å². The molecule has 2 unspecified atom stereocenters. The van der Waals surface area contributed by atoms with Crippen LogP contribution >= 0.6 is 11.8 Å². The summed E-state index contributed by atoms with van der Waals surface area (Å²) < 4.78 is 21.2. The van der Waals surface area contributed by atoms with Gasteiger partial charge >= 0.3 is 0 Å². The summed E-state index contributed by atoms with van der Waals surface area (Å²) in [6.07, 6.45) is 1.05. The van der Waals surface area contributed by atoms with Crippen molar-refractivity contribution in [2.45, 2.75) is 23.3 Å². The average molecular weight is 236 g/mol. The van der Waals surface area contributed by atoms with Gasteiger partial charge in [0.15, 0.2) is 14.6 Å². The molecule has 1 saturated heterocycles. The zero-order chi connectivity index (χ0) is 11.1. The van der Waals surface area contributed by atoms with Crippen LogP contribution in [0, 0.1) is 5.41 Å². The Morgan fingerprint density at radius 2 is 2.21 bits per heavy atom. The molecule has 14 heavy (non-hydrogen) atoms. The highest BCUT2D eigenvalue weighted by molar-refractivity contribution is 8.17. The lowest BCUT2D eigenvalue weighted by atomic mass is 10.0. The minimum Gasteiger partial charge on any atom is -0.368 e. The average Bonchev–Trinajstić information content (AvgIpc) is 2.24. The number of carbonyl (C=O) groups excluding carboxylic acids is 1. The lowest BCUT2D eigenvalue weighted by Gasteiger charge is -2.22. The SMILES string of the molecule is CC1CC(C(N)=O)(S(C)(=O)=O)C(=N)S1. The van der Waals surface area contributed by atoms with Crippen LogP contribution in [0.4, 0.5) is 0 Å². The van der Waals surface area contributed by atoms with Gasteiger partial charge in [-0.05, 0) is 6.42 Å². The Morgan fingerprint density at radius 3 is 2.36 bits per heavy atom. The maximum atomic E-state index is 11.5. The predicted molar refractivity (Wildman–Crippen MR) is 56.2 cm³/mol. The van der Waals surface area contributed by atoms with Gasteiger partial charge in [0.05, 0.1) is 5.04 Å². The molecular formula is C7H12N2O3S2. The number of primary amides is 1. The van der Waals surface area contributed by atoms with E-state index in [4.69, 9.17) is 11.1 Å². The Balaban J connectivity index is 3.34. The predicted octanol–water partition coefficient (Wildman–Crippen LogP) is -0.242. The quantitative estimate of drug-likeness (QED) is 0.690. The minimum absolute atomic E-state index is 0.0651. The molecule has 3 N–H and O–H groups in total. The highest BCUT2D eigenvalue weighted by Gasteiger charge is 2.56. The second-order valence-electron chi connectivity index (χ2n) is 3.43. The molecule has 0 aromatic carbocycles. The van der Waals surface area contributed by atoms with Gasteiger partial charge in [-0.3, -0.25) is 10.2 Å². The van der Waals surface area contributed by atoms with Crippen LogP contribution in [0.3, 0.4) is 0 Å². The highest BCUT2D eigenvalue weighted by atomic mass is 32.2. The van der Waals surface area contributed by atoms with E-state index in [0.29, 0.717) is 0 Å². The molecule has 0 aromatic rings. The Kier molecular flexibility index (Phi) is 2.66. The maximum absolute atomic E-state index is 11.5. The van der Waals surface area contributed by atoms with Gasteiger partial charge in [-0.2, -0.15) is 0 Å². The van der Waals surface area contributed by atoms with Crippen LogP contribution in [0.2, 0.25) is 0 Å².